The number of anilines is 1. The summed E-state index contributed by atoms with van der Waals surface area (Å²) in [5.74, 6) is -0.359. The first kappa shape index (κ1) is 19.4. The fraction of sp³-hybridized carbons (Fsp3) is 0.235. The normalized spacial score (nSPS) is 11.1. The number of hydrogen-bond acceptors (Lipinski definition) is 5. The van der Waals surface area contributed by atoms with E-state index >= 15 is 0 Å². The first-order chi connectivity index (χ1) is 12.2. The number of hydrogen-bond donors (Lipinski definition) is 3. The summed E-state index contributed by atoms with van der Waals surface area (Å²) in [6.07, 6.45) is -4.79. The number of carbonyl (C=O) groups excluding carboxylic acids is 1. The number of benzene rings is 2. The minimum atomic E-state index is -4.79. The lowest BCUT2D eigenvalue weighted by Gasteiger charge is -2.16. The Balaban J connectivity index is 2.11. The summed E-state index contributed by atoms with van der Waals surface area (Å²) >= 11 is 0. The summed E-state index contributed by atoms with van der Waals surface area (Å²) in [5, 5.41) is 2.67. The topological polar surface area (TPSA) is 99.6 Å². The van der Waals surface area contributed by atoms with Crippen LogP contribution in [0, 0.1) is 0 Å². The molecule has 0 spiro atoms. The molecule has 0 aromatic heterocycles. The molecule has 0 aliphatic heterocycles. The Morgan fingerprint density at radius 3 is 2.31 bits per heavy atom. The van der Waals surface area contributed by atoms with Crippen molar-refractivity contribution in [2.75, 3.05) is 12.8 Å². The van der Waals surface area contributed by atoms with E-state index in [1.807, 2.05) is 0 Å². The van der Waals surface area contributed by atoms with Crippen LogP contribution >= 0.6 is 0 Å². The second kappa shape index (κ2) is 7.96. The molecule has 2 aromatic carbocycles. The lowest BCUT2D eigenvalue weighted by Crippen LogP contribution is -2.24. The van der Waals surface area contributed by atoms with Crippen LogP contribution in [0.5, 0.6) is 11.5 Å². The Morgan fingerprint density at radius 2 is 1.77 bits per heavy atom. The summed E-state index contributed by atoms with van der Waals surface area (Å²) in [6, 6.07) is 7.92. The van der Waals surface area contributed by atoms with Crippen LogP contribution in [0.2, 0.25) is 0 Å². The summed E-state index contributed by atoms with van der Waals surface area (Å²) < 4.78 is 45.5. The molecule has 0 fully saturated rings. The molecule has 0 heterocycles. The first-order valence-corrected chi connectivity index (χ1v) is 7.53. The van der Waals surface area contributed by atoms with Crippen molar-refractivity contribution >= 4 is 11.6 Å². The molecule has 0 aliphatic rings. The number of carbonyl (C=O) groups is 1. The van der Waals surface area contributed by atoms with E-state index in [4.69, 9.17) is 16.2 Å². The molecule has 6 nitrogen and oxygen atoms in total. The highest BCUT2D eigenvalue weighted by atomic mass is 19.4. The van der Waals surface area contributed by atoms with Gasteiger partial charge in [-0.3, -0.25) is 4.79 Å². The van der Waals surface area contributed by atoms with Crippen LogP contribution in [0.25, 0.3) is 0 Å². The van der Waals surface area contributed by atoms with Crippen molar-refractivity contribution in [2.24, 2.45) is 5.73 Å². The van der Waals surface area contributed by atoms with Crippen molar-refractivity contribution in [1.82, 2.24) is 5.32 Å². The molecule has 140 valence electrons. The van der Waals surface area contributed by atoms with Crippen molar-refractivity contribution in [3.8, 4) is 11.5 Å². The lowest BCUT2D eigenvalue weighted by atomic mass is 10.0. The van der Waals surface area contributed by atoms with E-state index in [1.165, 1.54) is 19.2 Å². The van der Waals surface area contributed by atoms with E-state index in [0.29, 0.717) is 22.6 Å². The molecule has 0 saturated heterocycles. The third-order valence-electron chi connectivity index (χ3n) is 3.62. The molecular weight excluding hydrogens is 351 g/mol. The van der Waals surface area contributed by atoms with Gasteiger partial charge in [-0.15, -0.1) is 13.2 Å². The molecular formula is C17H18F3N3O3. The van der Waals surface area contributed by atoms with Crippen LogP contribution in [0.3, 0.4) is 0 Å². The Hall–Kier alpha value is -2.94. The van der Waals surface area contributed by atoms with Crippen LogP contribution in [-0.2, 0) is 13.1 Å². The van der Waals surface area contributed by atoms with Gasteiger partial charge in [0.2, 0.25) is 0 Å². The smallest absolute Gasteiger partial charge is 0.496 e. The minimum absolute atomic E-state index is 0.0976. The predicted molar refractivity (Wildman–Crippen MR) is 89.6 cm³/mol. The second-order valence-electron chi connectivity index (χ2n) is 5.27. The molecule has 0 bridgehead atoms. The van der Waals surface area contributed by atoms with E-state index in [2.05, 4.69) is 10.1 Å². The number of nitrogens with two attached hydrogens (primary N) is 2. The second-order valence-corrected chi connectivity index (χ2v) is 5.27. The van der Waals surface area contributed by atoms with Gasteiger partial charge in [0.25, 0.3) is 5.91 Å². The number of nitrogens with one attached hydrogen (secondary N) is 1. The van der Waals surface area contributed by atoms with Crippen molar-refractivity contribution in [3.63, 3.8) is 0 Å². The largest absolute Gasteiger partial charge is 0.573 e. The van der Waals surface area contributed by atoms with Crippen molar-refractivity contribution < 1.29 is 27.4 Å². The van der Waals surface area contributed by atoms with E-state index in [1.54, 1.807) is 12.1 Å². The summed E-state index contributed by atoms with van der Waals surface area (Å²) in [4.78, 5) is 12.2. The van der Waals surface area contributed by atoms with Crippen molar-refractivity contribution in [3.05, 3.63) is 53.1 Å². The van der Waals surface area contributed by atoms with Crippen LogP contribution in [-0.4, -0.2) is 19.4 Å². The van der Waals surface area contributed by atoms with Gasteiger partial charge in [0.1, 0.15) is 11.5 Å². The quantitative estimate of drug-likeness (QED) is 0.680. The number of ether oxygens (including phenoxy) is 2. The molecule has 2 aromatic rings. The number of nitrogen functional groups attached to an aromatic ring is 1. The number of rotatable bonds is 6. The average molecular weight is 369 g/mol. The molecule has 9 heteroatoms. The van der Waals surface area contributed by atoms with E-state index in [0.717, 1.165) is 12.1 Å². The van der Waals surface area contributed by atoms with Gasteiger partial charge in [0, 0.05) is 29.9 Å². The Bertz CT molecular complexity index is 777. The number of methoxy groups -OCH3 is 1. The maximum atomic E-state index is 12.2. The summed E-state index contributed by atoms with van der Waals surface area (Å²) in [5.41, 5.74) is 13.5. The number of alkyl halides is 3. The zero-order valence-electron chi connectivity index (χ0n) is 13.9. The highest BCUT2D eigenvalue weighted by Gasteiger charge is 2.31. The van der Waals surface area contributed by atoms with Gasteiger partial charge in [0.15, 0.2) is 0 Å². The maximum absolute atomic E-state index is 12.2. The van der Waals surface area contributed by atoms with Crippen LogP contribution in [0.4, 0.5) is 18.9 Å². The monoisotopic (exact) mass is 369 g/mol. The van der Waals surface area contributed by atoms with Gasteiger partial charge >= 0.3 is 6.36 Å². The average Bonchev–Trinajstić information content (AvgIpc) is 2.59. The minimum Gasteiger partial charge on any atom is -0.496 e. The van der Waals surface area contributed by atoms with Gasteiger partial charge in [0.05, 0.1) is 7.11 Å². The standard InChI is InChI=1S/C17H18F3N3O3/c1-25-15-7-6-14(22)12(8-21)13(15)9-23-16(24)10-2-4-11(5-3-10)26-17(18,19)20/h2-7H,8-9,21-22H2,1H3,(H,23,24). The van der Waals surface area contributed by atoms with Crippen LogP contribution in [0.1, 0.15) is 21.5 Å². The highest BCUT2D eigenvalue weighted by molar-refractivity contribution is 5.94. The predicted octanol–water partition coefficient (Wildman–Crippen LogP) is 2.56. The Morgan fingerprint density at radius 1 is 1.12 bits per heavy atom. The highest BCUT2D eigenvalue weighted by Crippen LogP contribution is 2.27. The van der Waals surface area contributed by atoms with E-state index in [9.17, 15) is 18.0 Å². The lowest BCUT2D eigenvalue weighted by molar-refractivity contribution is -0.274. The Labute approximate surface area is 147 Å². The summed E-state index contributed by atoms with van der Waals surface area (Å²) in [7, 11) is 1.48. The third kappa shape index (κ3) is 4.79. The Kier molecular flexibility index (Phi) is 5.93. The van der Waals surface area contributed by atoms with Gasteiger partial charge in [-0.05, 0) is 42.0 Å². The van der Waals surface area contributed by atoms with Crippen LogP contribution in [0.15, 0.2) is 36.4 Å². The van der Waals surface area contributed by atoms with Crippen molar-refractivity contribution in [1.29, 1.82) is 0 Å². The molecule has 0 saturated carbocycles. The van der Waals surface area contributed by atoms with Gasteiger partial charge in [-0.2, -0.15) is 0 Å². The molecule has 0 radical (unpaired) electrons. The third-order valence-corrected chi connectivity index (χ3v) is 3.62. The fourth-order valence-electron chi connectivity index (χ4n) is 2.39. The van der Waals surface area contributed by atoms with E-state index < -0.39 is 18.0 Å². The zero-order valence-corrected chi connectivity index (χ0v) is 13.9. The van der Waals surface area contributed by atoms with Crippen molar-refractivity contribution in [2.45, 2.75) is 19.5 Å². The maximum Gasteiger partial charge on any atom is 0.573 e. The molecule has 5 N–H and O–H groups in total. The fourth-order valence-corrected chi connectivity index (χ4v) is 2.39. The SMILES string of the molecule is COc1ccc(N)c(CN)c1CNC(=O)c1ccc(OC(F)(F)F)cc1. The molecule has 0 aliphatic carbocycles. The van der Waals surface area contributed by atoms with Gasteiger partial charge in [-0.25, -0.2) is 0 Å². The molecule has 0 unspecified atom stereocenters. The van der Waals surface area contributed by atoms with E-state index in [-0.39, 0.29) is 18.7 Å². The molecule has 0 atom stereocenters. The van der Waals surface area contributed by atoms with Gasteiger partial charge < -0.3 is 26.3 Å². The first-order valence-electron chi connectivity index (χ1n) is 7.53. The molecule has 2 rings (SSSR count). The zero-order chi connectivity index (χ0) is 19.3. The van der Waals surface area contributed by atoms with Crippen LogP contribution < -0.4 is 26.3 Å². The number of halogens is 3. The number of amides is 1. The van der Waals surface area contributed by atoms with Gasteiger partial charge in [-0.1, -0.05) is 0 Å². The summed E-state index contributed by atoms with van der Waals surface area (Å²) in [6.45, 7) is 0.262. The molecule has 26 heavy (non-hydrogen) atoms. The molecule has 1 amide bonds.